The van der Waals surface area contributed by atoms with E-state index in [4.69, 9.17) is 5.11 Å². The molecule has 1 unspecified atom stereocenters. The molecule has 4 nitrogen and oxygen atoms in total. The normalized spacial score (nSPS) is 22.0. The van der Waals surface area contributed by atoms with Crippen molar-refractivity contribution in [2.24, 2.45) is 5.41 Å². The highest BCUT2D eigenvalue weighted by Crippen LogP contribution is 2.33. The number of amides is 1. The fraction of sp³-hybridized carbons (Fsp3) is 0.500. The lowest BCUT2D eigenvalue weighted by Gasteiger charge is -2.23. The Morgan fingerprint density at radius 1 is 1.35 bits per heavy atom. The number of hydrogen-bond donors (Lipinski definition) is 1. The van der Waals surface area contributed by atoms with Gasteiger partial charge in [0.05, 0.1) is 12.0 Å². The molecule has 1 aromatic rings. The van der Waals surface area contributed by atoms with Gasteiger partial charge in [-0.05, 0) is 29.9 Å². The van der Waals surface area contributed by atoms with Gasteiger partial charge in [0.15, 0.2) is 0 Å². The van der Waals surface area contributed by atoms with E-state index in [9.17, 15) is 9.59 Å². The zero-order valence-corrected chi connectivity index (χ0v) is 12.1. The van der Waals surface area contributed by atoms with Crippen molar-refractivity contribution in [3.05, 3.63) is 35.4 Å². The third-order valence-corrected chi connectivity index (χ3v) is 4.35. The highest BCUT2D eigenvalue weighted by atomic mass is 16.4. The number of aromatic carboxylic acids is 1. The van der Waals surface area contributed by atoms with E-state index >= 15 is 0 Å². The topological polar surface area (TPSA) is 57.6 Å². The average Bonchev–Trinajstić information content (AvgIpc) is 2.83. The van der Waals surface area contributed by atoms with Crippen LogP contribution in [0.25, 0.3) is 0 Å². The Balaban J connectivity index is 2.08. The molecule has 1 aliphatic heterocycles. The van der Waals surface area contributed by atoms with Crippen LogP contribution >= 0.6 is 0 Å². The fourth-order valence-corrected chi connectivity index (χ4v) is 2.68. The molecular weight excluding hydrogens is 254 g/mol. The van der Waals surface area contributed by atoms with Gasteiger partial charge >= 0.3 is 5.97 Å². The van der Waals surface area contributed by atoms with Gasteiger partial charge in [-0.15, -0.1) is 0 Å². The summed E-state index contributed by atoms with van der Waals surface area (Å²) in [6, 6.07) is 6.72. The largest absolute Gasteiger partial charge is 0.478 e. The van der Waals surface area contributed by atoms with Crippen LogP contribution in [0.5, 0.6) is 0 Å². The third kappa shape index (κ3) is 3.00. The van der Waals surface area contributed by atoms with Crippen LogP contribution in [0.15, 0.2) is 24.3 Å². The van der Waals surface area contributed by atoms with Crippen molar-refractivity contribution in [1.82, 2.24) is 4.90 Å². The van der Waals surface area contributed by atoms with Crippen molar-refractivity contribution in [3.8, 4) is 0 Å². The average molecular weight is 275 g/mol. The summed E-state index contributed by atoms with van der Waals surface area (Å²) in [5, 5.41) is 9.14. The summed E-state index contributed by atoms with van der Waals surface area (Å²) in [5.41, 5.74) is 1.02. The first kappa shape index (κ1) is 14.6. The van der Waals surface area contributed by atoms with E-state index in [0.717, 1.165) is 25.9 Å². The van der Waals surface area contributed by atoms with Crippen LogP contribution in [0.4, 0.5) is 0 Å². The van der Waals surface area contributed by atoms with Gasteiger partial charge in [0.1, 0.15) is 0 Å². The van der Waals surface area contributed by atoms with Crippen LogP contribution in [-0.4, -0.2) is 35.0 Å². The molecule has 0 aromatic heterocycles. The molecule has 0 bridgehead atoms. The van der Waals surface area contributed by atoms with Crippen LogP contribution in [-0.2, 0) is 11.2 Å². The Hall–Kier alpha value is -1.84. The number of benzene rings is 1. The highest BCUT2D eigenvalue weighted by Gasteiger charge is 2.34. The number of carboxylic acids is 1. The van der Waals surface area contributed by atoms with Gasteiger partial charge in [0.25, 0.3) is 0 Å². The fourth-order valence-electron chi connectivity index (χ4n) is 2.68. The van der Waals surface area contributed by atoms with Crippen LogP contribution in [0, 0.1) is 5.41 Å². The molecular formula is C16H21NO3. The molecule has 1 saturated heterocycles. The molecule has 0 aliphatic carbocycles. The summed E-state index contributed by atoms with van der Waals surface area (Å²) in [6.07, 6.45) is 2.25. The molecule has 20 heavy (non-hydrogen) atoms. The van der Waals surface area contributed by atoms with E-state index in [2.05, 4.69) is 13.8 Å². The van der Waals surface area contributed by atoms with Gasteiger partial charge < -0.3 is 10.0 Å². The summed E-state index contributed by atoms with van der Waals surface area (Å²) in [5.74, 6) is -0.955. The van der Waals surface area contributed by atoms with Crippen molar-refractivity contribution < 1.29 is 14.7 Å². The molecule has 1 fully saturated rings. The number of likely N-dealkylation sites (tertiary alicyclic amines) is 1. The minimum absolute atomic E-state index is 0.0240. The maximum atomic E-state index is 12.3. The molecule has 0 radical (unpaired) electrons. The second-order valence-corrected chi connectivity index (χ2v) is 5.87. The minimum Gasteiger partial charge on any atom is -0.478 e. The second kappa shape index (κ2) is 5.65. The Bertz CT molecular complexity index is 526. The van der Waals surface area contributed by atoms with Crippen LogP contribution < -0.4 is 0 Å². The van der Waals surface area contributed by atoms with Crippen molar-refractivity contribution in [2.45, 2.75) is 33.1 Å². The first-order valence-corrected chi connectivity index (χ1v) is 7.04. The summed E-state index contributed by atoms with van der Waals surface area (Å²) < 4.78 is 0. The monoisotopic (exact) mass is 275 g/mol. The van der Waals surface area contributed by atoms with Gasteiger partial charge in [0.2, 0.25) is 5.91 Å². The molecule has 1 amide bonds. The molecule has 1 heterocycles. The molecule has 108 valence electrons. The molecule has 0 spiro atoms. The third-order valence-electron chi connectivity index (χ3n) is 4.35. The van der Waals surface area contributed by atoms with E-state index in [-0.39, 0.29) is 23.3 Å². The number of carboxylic acid groups (broad SMARTS) is 1. The van der Waals surface area contributed by atoms with Gasteiger partial charge in [-0.3, -0.25) is 4.79 Å². The molecule has 1 atom stereocenters. The van der Waals surface area contributed by atoms with Crippen molar-refractivity contribution >= 4 is 11.9 Å². The molecule has 1 N–H and O–H groups in total. The summed E-state index contributed by atoms with van der Waals surface area (Å²) >= 11 is 0. The smallest absolute Gasteiger partial charge is 0.335 e. The predicted molar refractivity (Wildman–Crippen MR) is 76.7 cm³/mol. The van der Waals surface area contributed by atoms with E-state index in [0.29, 0.717) is 5.56 Å². The maximum absolute atomic E-state index is 12.3. The minimum atomic E-state index is -0.979. The molecule has 1 aromatic carbocycles. The standard InChI is InChI=1S/C16H21NO3/c1-3-16(2)8-9-17(11-16)14(18)10-12-6-4-5-7-13(12)15(19)20/h4-7H,3,8-11H2,1-2H3,(H,19,20). The lowest BCUT2D eigenvalue weighted by atomic mass is 9.87. The molecule has 0 saturated carbocycles. The zero-order chi connectivity index (χ0) is 14.8. The molecule has 1 aliphatic rings. The van der Waals surface area contributed by atoms with Crippen molar-refractivity contribution in [2.75, 3.05) is 13.1 Å². The summed E-state index contributed by atoms with van der Waals surface area (Å²) in [4.78, 5) is 25.3. The highest BCUT2D eigenvalue weighted by molar-refractivity contribution is 5.91. The van der Waals surface area contributed by atoms with E-state index in [1.807, 2.05) is 4.90 Å². The number of carbonyl (C=O) groups excluding carboxylic acids is 1. The van der Waals surface area contributed by atoms with Gasteiger partial charge in [0, 0.05) is 13.1 Å². The van der Waals surface area contributed by atoms with Crippen molar-refractivity contribution in [1.29, 1.82) is 0 Å². The first-order valence-electron chi connectivity index (χ1n) is 7.04. The number of carbonyl (C=O) groups is 2. The Labute approximate surface area is 119 Å². The Morgan fingerprint density at radius 3 is 2.65 bits per heavy atom. The predicted octanol–water partition coefficient (Wildman–Crippen LogP) is 2.58. The number of hydrogen-bond acceptors (Lipinski definition) is 2. The van der Waals surface area contributed by atoms with E-state index in [1.54, 1.807) is 24.3 Å². The van der Waals surface area contributed by atoms with E-state index in [1.165, 1.54) is 0 Å². The molecule has 4 heteroatoms. The quantitative estimate of drug-likeness (QED) is 0.918. The zero-order valence-electron chi connectivity index (χ0n) is 12.1. The van der Waals surface area contributed by atoms with Crippen LogP contribution in [0.1, 0.15) is 42.6 Å². The van der Waals surface area contributed by atoms with Crippen LogP contribution in [0.2, 0.25) is 0 Å². The van der Waals surface area contributed by atoms with Gasteiger partial charge in [-0.2, -0.15) is 0 Å². The Kier molecular flexibility index (Phi) is 4.12. The SMILES string of the molecule is CCC1(C)CCN(C(=O)Cc2ccccc2C(=O)O)C1. The van der Waals surface area contributed by atoms with Crippen molar-refractivity contribution in [3.63, 3.8) is 0 Å². The lowest BCUT2D eigenvalue weighted by molar-refractivity contribution is -0.129. The Morgan fingerprint density at radius 2 is 2.05 bits per heavy atom. The van der Waals surface area contributed by atoms with Gasteiger partial charge in [-0.1, -0.05) is 32.0 Å². The van der Waals surface area contributed by atoms with E-state index < -0.39 is 5.97 Å². The van der Waals surface area contributed by atoms with Crippen LogP contribution in [0.3, 0.4) is 0 Å². The number of nitrogens with zero attached hydrogens (tertiary/aromatic N) is 1. The summed E-state index contributed by atoms with van der Waals surface area (Å²) in [6.45, 7) is 5.90. The maximum Gasteiger partial charge on any atom is 0.335 e. The molecule has 2 rings (SSSR count). The second-order valence-electron chi connectivity index (χ2n) is 5.87. The van der Waals surface area contributed by atoms with Gasteiger partial charge in [-0.25, -0.2) is 4.79 Å². The number of rotatable bonds is 4. The lowest BCUT2D eigenvalue weighted by Crippen LogP contribution is -2.32. The first-order chi connectivity index (χ1) is 9.45. The summed E-state index contributed by atoms with van der Waals surface area (Å²) in [7, 11) is 0.